The highest BCUT2D eigenvalue weighted by Crippen LogP contribution is 2.27. The number of ether oxygens (including phenoxy) is 4. The molecule has 130 valence electrons. The van der Waals surface area contributed by atoms with E-state index >= 15 is 0 Å². The van der Waals surface area contributed by atoms with Crippen molar-refractivity contribution >= 4 is 17.9 Å². The van der Waals surface area contributed by atoms with E-state index in [1.54, 1.807) is 0 Å². The Morgan fingerprint density at radius 2 is 1.61 bits per heavy atom. The number of rotatable bonds is 8. The minimum absolute atomic E-state index is 0.0949. The van der Waals surface area contributed by atoms with Gasteiger partial charge in [0.25, 0.3) is 0 Å². The van der Waals surface area contributed by atoms with Crippen LogP contribution in [0.1, 0.15) is 33.1 Å². The highest BCUT2D eigenvalue weighted by atomic mass is 16.6. The average molecular weight is 331 g/mol. The van der Waals surface area contributed by atoms with Gasteiger partial charge < -0.3 is 18.9 Å². The molecule has 0 amide bonds. The summed E-state index contributed by atoms with van der Waals surface area (Å²) >= 11 is 0. The fraction of sp³-hybridized carbons (Fsp3) is 0.786. The van der Waals surface area contributed by atoms with Gasteiger partial charge in [0, 0.05) is 32.6 Å². The van der Waals surface area contributed by atoms with Crippen LogP contribution in [-0.4, -0.2) is 50.1 Å². The molecule has 0 aromatic rings. The van der Waals surface area contributed by atoms with Crippen LogP contribution in [0.4, 0.5) is 0 Å². The third-order valence-electron chi connectivity index (χ3n) is 3.24. The van der Waals surface area contributed by atoms with Crippen molar-refractivity contribution in [3.8, 4) is 0 Å². The van der Waals surface area contributed by atoms with Crippen LogP contribution in [0.3, 0.4) is 0 Å². The topological polar surface area (TPSA) is 118 Å². The summed E-state index contributed by atoms with van der Waals surface area (Å²) in [5.74, 6) is -2.25. The molecule has 0 bridgehead atoms. The molecule has 0 radical (unpaired) electrons. The zero-order valence-electron chi connectivity index (χ0n) is 13.2. The second-order valence-corrected chi connectivity index (χ2v) is 5.30. The lowest BCUT2D eigenvalue weighted by atomic mass is 10.0. The van der Waals surface area contributed by atoms with Gasteiger partial charge in [-0.3, -0.25) is 14.4 Å². The number of nitroso groups, excluding NO2 is 1. The Bertz CT molecular complexity index is 426. The van der Waals surface area contributed by atoms with E-state index in [2.05, 4.69) is 5.18 Å². The molecule has 0 atom stereocenters. The maximum Gasteiger partial charge on any atom is 0.308 e. The SMILES string of the molecule is CC(=O)OCC(COC(C)=O)CC(=O)OC1(N=O)CCOCC1. The van der Waals surface area contributed by atoms with Gasteiger partial charge in [-0.15, -0.1) is 4.91 Å². The molecule has 1 heterocycles. The van der Waals surface area contributed by atoms with Crippen LogP contribution in [0.5, 0.6) is 0 Å². The fourth-order valence-corrected chi connectivity index (χ4v) is 2.03. The summed E-state index contributed by atoms with van der Waals surface area (Å²) in [4.78, 5) is 44.8. The first kappa shape index (κ1) is 19.0. The molecule has 0 aliphatic carbocycles. The van der Waals surface area contributed by atoms with E-state index in [9.17, 15) is 19.3 Å². The van der Waals surface area contributed by atoms with Gasteiger partial charge in [-0.05, 0) is 5.18 Å². The van der Waals surface area contributed by atoms with Gasteiger partial charge >= 0.3 is 17.9 Å². The standard InChI is InChI=1S/C14H21NO8/c1-10(16)21-8-12(9-22-11(2)17)7-13(18)23-14(15-19)3-5-20-6-4-14/h12H,3-9H2,1-2H3. The van der Waals surface area contributed by atoms with E-state index in [0.717, 1.165) is 0 Å². The van der Waals surface area contributed by atoms with Gasteiger partial charge in [0.2, 0.25) is 5.72 Å². The lowest BCUT2D eigenvalue weighted by Crippen LogP contribution is -2.39. The summed E-state index contributed by atoms with van der Waals surface area (Å²) < 4.78 is 20.0. The largest absolute Gasteiger partial charge is 0.465 e. The second-order valence-electron chi connectivity index (χ2n) is 5.30. The highest BCUT2D eigenvalue weighted by molar-refractivity contribution is 5.71. The number of carbonyl (C=O) groups is 3. The predicted molar refractivity (Wildman–Crippen MR) is 76.0 cm³/mol. The molecule has 0 N–H and O–H groups in total. The highest BCUT2D eigenvalue weighted by Gasteiger charge is 2.38. The van der Waals surface area contributed by atoms with Gasteiger partial charge in [0.15, 0.2) is 0 Å². The average Bonchev–Trinajstić information content (AvgIpc) is 2.50. The normalized spacial score (nSPS) is 16.5. The number of esters is 3. The van der Waals surface area contributed by atoms with Crippen molar-refractivity contribution in [1.82, 2.24) is 0 Å². The fourth-order valence-electron chi connectivity index (χ4n) is 2.03. The Morgan fingerprint density at radius 1 is 1.09 bits per heavy atom. The monoisotopic (exact) mass is 331 g/mol. The van der Waals surface area contributed by atoms with Crippen molar-refractivity contribution < 1.29 is 33.3 Å². The summed E-state index contributed by atoms with van der Waals surface area (Å²) in [5.41, 5.74) is -1.41. The zero-order valence-corrected chi connectivity index (χ0v) is 13.2. The molecule has 1 aliphatic heterocycles. The Balaban J connectivity index is 2.57. The van der Waals surface area contributed by atoms with Gasteiger partial charge in [-0.2, -0.15) is 0 Å². The molecule has 1 saturated heterocycles. The van der Waals surface area contributed by atoms with Crippen LogP contribution >= 0.6 is 0 Å². The van der Waals surface area contributed by atoms with Gasteiger partial charge in [0.1, 0.15) is 0 Å². The Morgan fingerprint density at radius 3 is 2.04 bits per heavy atom. The molecule has 0 aromatic heterocycles. The Kier molecular flexibility index (Phi) is 7.60. The van der Waals surface area contributed by atoms with Crippen LogP contribution in [0, 0.1) is 10.8 Å². The molecular weight excluding hydrogens is 310 g/mol. The number of hydrogen-bond acceptors (Lipinski definition) is 9. The summed E-state index contributed by atoms with van der Waals surface area (Å²) in [5, 5.41) is 2.93. The van der Waals surface area contributed by atoms with Crippen molar-refractivity contribution in [2.75, 3.05) is 26.4 Å². The van der Waals surface area contributed by atoms with Crippen molar-refractivity contribution in [2.24, 2.45) is 11.1 Å². The van der Waals surface area contributed by atoms with E-state index in [0.29, 0.717) is 0 Å². The second kappa shape index (κ2) is 9.19. The molecule has 1 aliphatic rings. The molecule has 9 heteroatoms. The minimum atomic E-state index is -1.41. The maximum atomic E-state index is 12.0. The van der Waals surface area contributed by atoms with E-state index < -0.39 is 29.6 Å². The molecule has 0 aromatic carbocycles. The van der Waals surface area contributed by atoms with Crippen LogP contribution in [0.15, 0.2) is 5.18 Å². The maximum absolute atomic E-state index is 12.0. The molecule has 0 unspecified atom stereocenters. The van der Waals surface area contributed by atoms with Crippen LogP contribution in [0.25, 0.3) is 0 Å². The zero-order chi connectivity index (χ0) is 17.3. The number of carbonyl (C=O) groups excluding carboxylic acids is 3. The van der Waals surface area contributed by atoms with E-state index in [4.69, 9.17) is 18.9 Å². The first-order valence-corrected chi connectivity index (χ1v) is 7.28. The summed E-state index contributed by atoms with van der Waals surface area (Å²) in [6.07, 6.45) is 0.223. The molecular formula is C14H21NO8. The molecule has 0 spiro atoms. The first-order valence-electron chi connectivity index (χ1n) is 7.28. The molecule has 0 saturated carbocycles. The third kappa shape index (κ3) is 7.18. The van der Waals surface area contributed by atoms with Crippen molar-refractivity contribution in [3.05, 3.63) is 4.91 Å². The van der Waals surface area contributed by atoms with Gasteiger partial charge in [0.05, 0.1) is 32.8 Å². The minimum Gasteiger partial charge on any atom is -0.465 e. The van der Waals surface area contributed by atoms with E-state index in [1.807, 2.05) is 0 Å². The van der Waals surface area contributed by atoms with Gasteiger partial charge in [-0.25, -0.2) is 0 Å². The van der Waals surface area contributed by atoms with Crippen molar-refractivity contribution in [2.45, 2.75) is 38.8 Å². The van der Waals surface area contributed by atoms with Crippen LogP contribution in [0.2, 0.25) is 0 Å². The van der Waals surface area contributed by atoms with Crippen molar-refractivity contribution in [1.29, 1.82) is 0 Å². The van der Waals surface area contributed by atoms with E-state index in [1.165, 1.54) is 13.8 Å². The van der Waals surface area contributed by atoms with Crippen LogP contribution in [-0.2, 0) is 33.3 Å². The smallest absolute Gasteiger partial charge is 0.308 e. The lowest BCUT2D eigenvalue weighted by Gasteiger charge is -2.30. The summed E-state index contributed by atoms with van der Waals surface area (Å²) in [6, 6.07) is 0. The lowest BCUT2D eigenvalue weighted by molar-refractivity contribution is -0.172. The quantitative estimate of drug-likeness (QED) is 0.366. The molecule has 23 heavy (non-hydrogen) atoms. The summed E-state index contributed by atoms with van der Waals surface area (Å²) in [6.45, 7) is 2.83. The Hall–Kier alpha value is -2.03. The molecule has 9 nitrogen and oxygen atoms in total. The molecule has 1 fully saturated rings. The van der Waals surface area contributed by atoms with E-state index in [-0.39, 0.29) is 45.7 Å². The number of nitrogens with zero attached hydrogens (tertiary/aromatic N) is 1. The summed E-state index contributed by atoms with van der Waals surface area (Å²) in [7, 11) is 0. The molecule has 1 rings (SSSR count). The first-order chi connectivity index (χ1) is 10.9. The predicted octanol–water partition coefficient (Wildman–Crippen LogP) is 0.935. The van der Waals surface area contributed by atoms with Crippen molar-refractivity contribution in [3.63, 3.8) is 0 Å². The van der Waals surface area contributed by atoms with Gasteiger partial charge in [-0.1, -0.05) is 0 Å². The van der Waals surface area contributed by atoms with Crippen LogP contribution < -0.4 is 0 Å². The Labute approximate surface area is 133 Å². The number of hydrogen-bond donors (Lipinski definition) is 0. The third-order valence-corrected chi connectivity index (χ3v) is 3.24.